The van der Waals surface area contributed by atoms with Crippen molar-refractivity contribution < 1.29 is 9.21 Å². The second-order valence-corrected chi connectivity index (χ2v) is 4.44. The maximum atomic E-state index is 11.9. The maximum absolute atomic E-state index is 11.9. The molecular formula is C13H10ClN3O2. The van der Waals surface area contributed by atoms with Crippen LogP contribution >= 0.6 is 11.6 Å². The summed E-state index contributed by atoms with van der Waals surface area (Å²) in [7, 11) is 0. The van der Waals surface area contributed by atoms with Crippen molar-refractivity contribution in [2.75, 3.05) is 0 Å². The highest BCUT2D eigenvalue weighted by Crippen LogP contribution is 2.11. The van der Waals surface area contributed by atoms with E-state index in [1.807, 2.05) is 0 Å². The first-order valence-corrected chi connectivity index (χ1v) is 6.05. The summed E-state index contributed by atoms with van der Waals surface area (Å²) < 4.78 is 6.85. The summed E-state index contributed by atoms with van der Waals surface area (Å²) in [6, 6.07) is 7.05. The molecule has 5 nitrogen and oxygen atoms in total. The molecule has 0 aliphatic heterocycles. The SMILES string of the molecule is O=C(NCc1ccco1)c1cn2cc(Cl)ccc2n1. The van der Waals surface area contributed by atoms with Crippen LogP contribution in [0.15, 0.2) is 47.3 Å². The van der Waals surface area contributed by atoms with Gasteiger partial charge in [0.25, 0.3) is 5.91 Å². The molecule has 0 fully saturated rings. The highest BCUT2D eigenvalue weighted by Gasteiger charge is 2.11. The number of nitrogens with zero attached hydrogens (tertiary/aromatic N) is 2. The maximum Gasteiger partial charge on any atom is 0.271 e. The van der Waals surface area contributed by atoms with Crippen molar-refractivity contribution in [3.63, 3.8) is 0 Å². The normalized spacial score (nSPS) is 10.8. The highest BCUT2D eigenvalue weighted by atomic mass is 35.5. The van der Waals surface area contributed by atoms with E-state index in [0.717, 1.165) is 0 Å². The molecule has 0 bridgehead atoms. The Morgan fingerprint density at radius 1 is 1.37 bits per heavy atom. The summed E-state index contributed by atoms with van der Waals surface area (Å²) in [4.78, 5) is 16.1. The van der Waals surface area contributed by atoms with Crippen molar-refractivity contribution in [3.8, 4) is 0 Å². The molecule has 0 saturated heterocycles. The number of hydrogen-bond acceptors (Lipinski definition) is 3. The first-order chi connectivity index (χ1) is 9.22. The van der Waals surface area contributed by atoms with Gasteiger partial charge in [0.2, 0.25) is 0 Å². The van der Waals surface area contributed by atoms with Gasteiger partial charge < -0.3 is 14.1 Å². The zero-order chi connectivity index (χ0) is 13.2. The molecule has 6 heteroatoms. The van der Waals surface area contributed by atoms with Crippen LogP contribution in [0.25, 0.3) is 5.65 Å². The fourth-order valence-electron chi connectivity index (χ4n) is 1.75. The molecule has 3 aromatic rings. The lowest BCUT2D eigenvalue weighted by Gasteiger charge is -1.99. The Morgan fingerprint density at radius 3 is 3.05 bits per heavy atom. The molecule has 1 N–H and O–H groups in total. The Morgan fingerprint density at radius 2 is 2.26 bits per heavy atom. The van der Waals surface area contributed by atoms with Crippen molar-refractivity contribution in [2.24, 2.45) is 0 Å². The number of nitrogens with one attached hydrogen (secondary N) is 1. The van der Waals surface area contributed by atoms with Crippen LogP contribution in [0.5, 0.6) is 0 Å². The van der Waals surface area contributed by atoms with Crippen molar-refractivity contribution in [2.45, 2.75) is 6.54 Å². The fourth-order valence-corrected chi connectivity index (χ4v) is 1.91. The molecule has 96 valence electrons. The summed E-state index contributed by atoms with van der Waals surface area (Å²) in [5.74, 6) is 0.441. The minimum Gasteiger partial charge on any atom is -0.467 e. The Kier molecular flexibility index (Phi) is 2.97. The van der Waals surface area contributed by atoms with Gasteiger partial charge in [0.15, 0.2) is 0 Å². The van der Waals surface area contributed by atoms with Crippen molar-refractivity contribution in [3.05, 3.63) is 59.4 Å². The second kappa shape index (κ2) is 4.78. The Hall–Kier alpha value is -2.27. The van der Waals surface area contributed by atoms with Crippen molar-refractivity contribution in [1.82, 2.24) is 14.7 Å². The van der Waals surface area contributed by atoms with Gasteiger partial charge >= 0.3 is 0 Å². The van der Waals surface area contributed by atoms with E-state index in [1.54, 1.807) is 47.3 Å². The van der Waals surface area contributed by atoms with Gasteiger partial charge in [0.05, 0.1) is 17.8 Å². The largest absolute Gasteiger partial charge is 0.467 e. The summed E-state index contributed by atoms with van der Waals surface area (Å²) >= 11 is 5.87. The van der Waals surface area contributed by atoms with E-state index in [4.69, 9.17) is 16.0 Å². The summed E-state index contributed by atoms with van der Waals surface area (Å²) in [6.07, 6.45) is 4.90. The minimum atomic E-state index is -0.253. The predicted octanol–water partition coefficient (Wildman–Crippen LogP) is 2.51. The molecule has 0 aromatic carbocycles. The number of fused-ring (bicyclic) bond motifs is 1. The lowest BCUT2D eigenvalue weighted by Crippen LogP contribution is -2.22. The van der Waals surface area contributed by atoms with Gasteiger partial charge in [-0.1, -0.05) is 11.6 Å². The number of rotatable bonds is 3. The molecule has 0 unspecified atom stereocenters. The van der Waals surface area contributed by atoms with Gasteiger partial charge in [-0.3, -0.25) is 4.79 Å². The number of aromatic nitrogens is 2. The molecule has 0 saturated carbocycles. The van der Waals surface area contributed by atoms with E-state index < -0.39 is 0 Å². The molecule has 0 atom stereocenters. The number of carbonyl (C=O) groups is 1. The van der Waals surface area contributed by atoms with Crippen LogP contribution in [0.2, 0.25) is 5.02 Å². The first kappa shape index (κ1) is 11.8. The smallest absolute Gasteiger partial charge is 0.271 e. The van der Waals surface area contributed by atoms with Crippen molar-refractivity contribution in [1.29, 1.82) is 0 Å². The fraction of sp³-hybridized carbons (Fsp3) is 0.0769. The molecule has 0 aliphatic carbocycles. The molecule has 19 heavy (non-hydrogen) atoms. The zero-order valence-corrected chi connectivity index (χ0v) is 10.6. The Balaban J connectivity index is 1.77. The number of furan rings is 1. The third-order valence-corrected chi connectivity index (χ3v) is 2.87. The molecule has 3 aromatic heterocycles. The van der Waals surface area contributed by atoms with Crippen LogP contribution in [-0.4, -0.2) is 15.3 Å². The number of imidazole rings is 1. The van der Waals surface area contributed by atoms with Gasteiger partial charge in [-0.15, -0.1) is 0 Å². The Bertz CT molecular complexity index is 719. The van der Waals surface area contributed by atoms with Crippen LogP contribution in [0.3, 0.4) is 0 Å². The first-order valence-electron chi connectivity index (χ1n) is 5.67. The van der Waals surface area contributed by atoms with Gasteiger partial charge in [-0.25, -0.2) is 4.98 Å². The summed E-state index contributed by atoms with van der Waals surface area (Å²) in [5.41, 5.74) is 1.02. The van der Waals surface area contributed by atoms with E-state index in [2.05, 4.69) is 10.3 Å². The van der Waals surface area contributed by atoms with Gasteiger partial charge in [-0.05, 0) is 24.3 Å². The number of carbonyl (C=O) groups excluding carboxylic acids is 1. The van der Waals surface area contributed by atoms with E-state index in [-0.39, 0.29) is 5.91 Å². The van der Waals surface area contributed by atoms with Crippen LogP contribution in [0.4, 0.5) is 0 Å². The number of amides is 1. The monoisotopic (exact) mass is 275 g/mol. The van der Waals surface area contributed by atoms with Crippen molar-refractivity contribution >= 4 is 23.2 Å². The van der Waals surface area contributed by atoms with Gasteiger partial charge in [0.1, 0.15) is 17.1 Å². The average molecular weight is 276 g/mol. The van der Waals surface area contributed by atoms with E-state index in [0.29, 0.717) is 28.7 Å². The third-order valence-electron chi connectivity index (χ3n) is 2.65. The summed E-state index contributed by atoms with van der Waals surface area (Å²) in [6.45, 7) is 0.334. The van der Waals surface area contributed by atoms with Crippen LogP contribution in [-0.2, 0) is 6.54 Å². The lowest BCUT2D eigenvalue weighted by molar-refractivity contribution is 0.0943. The molecule has 0 spiro atoms. The predicted molar refractivity (Wildman–Crippen MR) is 70.1 cm³/mol. The molecule has 3 heterocycles. The molecule has 3 rings (SSSR count). The number of pyridine rings is 1. The molecule has 0 aliphatic rings. The highest BCUT2D eigenvalue weighted by molar-refractivity contribution is 6.30. The quantitative estimate of drug-likeness (QED) is 0.799. The molecular weight excluding hydrogens is 266 g/mol. The molecule has 1 amide bonds. The van der Waals surface area contributed by atoms with Gasteiger partial charge in [0, 0.05) is 12.4 Å². The average Bonchev–Trinajstić information content (AvgIpc) is 3.04. The van der Waals surface area contributed by atoms with Crippen LogP contribution in [0, 0.1) is 0 Å². The molecule has 0 radical (unpaired) electrons. The van der Waals surface area contributed by atoms with Gasteiger partial charge in [-0.2, -0.15) is 0 Å². The second-order valence-electron chi connectivity index (χ2n) is 4.00. The summed E-state index contributed by atoms with van der Waals surface area (Å²) in [5, 5.41) is 3.33. The van der Waals surface area contributed by atoms with E-state index in [9.17, 15) is 4.79 Å². The zero-order valence-electron chi connectivity index (χ0n) is 9.84. The van der Waals surface area contributed by atoms with E-state index in [1.165, 1.54) is 0 Å². The third kappa shape index (κ3) is 2.46. The topological polar surface area (TPSA) is 59.5 Å². The minimum absolute atomic E-state index is 0.253. The van der Waals surface area contributed by atoms with E-state index >= 15 is 0 Å². The van der Waals surface area contributed by atoms with Crippen LogP contribution in [0.1, 0.15) is 16.2 Å². The Labute approximate surface area is 113 Å². The number of hydrogen-bond donors (Lipinski definition) is 1. The van der Waals surface area contributed by atoms with Crippen LogP contribution < -0.4 is 5.32 Å². The lowest BCUT2D eigenvalue weighted by atomic mass is 10.4. The number of halogens is 1. The standard InChI is InChI=1S/C13H10ClN3O2/c14-9-3-4-12-16-11(8-17(12)7-9)13(18)15-6-10-2-1-5-19-10/h1-5,7-8H,6H2,(H,15,18).